The molecule has 0 amide bonds. The number of hydrogen-bond acceptors (Lipinski definition) is 5. The van der Waals surface area contributed by atoms with Gasteiger partial charge < -0.3 is 15.0 Å². The summed E-state index contributed by atoms with van der Waals surface area (Å²) in [4.78, 5) is 4.46. The minimum Gasteiger partial charge on any atom is -0.373 e. The Morgan fingerprint density at radius 1 is 1.33 bits per heavy atom. The van der Waals surface area contributed by atoms with Gasteiger partial charge in [-0.25, -0.2) is 0 Å². The van der Waals surface area contributed by atoms with Crippen molar-refractivity contribution in [2.45, 2.75) is 56.6 Å². The summed E-state index contributed by atoms with van der Waals surface area (Å²) in [5.74, 6) is 1.77. The van der Waals surface area contributed by atoms with E-state index in [0.717, 1.165) is 12.8 Å². The molecule has 1 aromatic heterocycles. The molecule has 2 aliphatic carbocycles. The largest absolute Gasteiger partial charge is 0.373 e. The number of methoxy groups -OCH3 is 1. The molecule has 2 fully saturated rings. The van der Waals surface area contributed by atoms with E-state index >= 15 is 0 Å². The molecule has 1 aromatic rings. The first-order chi connectivity index (χ1) is 8.73. The zero-order chi connectivity index (χ0) is 12.6. The van der Waals surface area contributed by atoms with Gasteiger partial charge in [-0.1, -0.05) is 24.4 Å². The molecule has 0 aromatic carbocycles. The van der Waals surface area contributed by atoms with Crippen molar-refractivity contribution in [3.63, 3.8) is 0 Å². The Morgan fingerprint density at radius 3 is 2.67 bits per heavy atom. The van der Waals surface area contributed by atoms with Crippen molar-refractivity contribution in [1.29, 1.82) is 0 Å². The van der Waals surface area contributed by atoms with Gasteiger partial charge in [-0.3, -0.25) is 0 Å². The maximum absolute atomic E-state index is 6.06. The van der Waals surface area contributed by atoms with Crippen molar-refractivity contribution in [2.24, 2.45) is 11.7 Å². The predicted molar refractivity (Wildman–Crippen MR) is 65.7 cm³/mol. The van der Waals surface area contributed by atoms with Gasteiger partial charge in [0.1, 0.15) is 6.10 Å². The van der Waals surface area contributed by atoms with Crippen molar-refractivity contribution >= 4 is 0 Å². The zero-order valence-corrected chi connectivity index (χ0v) is 10.9. The van der Waals surface area contributed by atoms with E-state index in [9.17, 15) is 0 Å². The lowest BCUT2D eigenvalue weighted by Crippen LogP contribution is -2.21. The van der Waals surface area contributed by atoms with E-state index in [1.165, 1.54) is 32.1 Å². The quantitative estimate of drug-likeness (QED) is 0.888. The maximum atomic E-state index is 6.06. The van der Waals surface area contributed by atoms with Crippen LogP contribution in [0.5, 0.6) is 0 Å². The second-order valence-corrected chi connectivity index (χ2v) is 5.67. The Hall–Kier alpha value is -0.940. The van der Waals surface area contributed by atoms with Crippen LogP contribution in [0.25, 0.3) is 0 Å². The highest BCUT2D eigenvalue weighted by Gasteiger charge is 2.46. The fraction of sp³-hybridized carbons (Fsp3) is 0.846. The summed E-state index contributed by atoms with van der Waals surface area (Å²) >= 11 is 0. The minimum atomic E-state index is -0.351. The van der Waals surface area contributed by atoms with Crippen LogP contribution in [0.15, 0.2) is 4.52 Å². The molecule has 5 nitrogen and oxygen atoms in total. The third kappa shape index (κ3) is 2.17. The molecule has 1 unspecified atom stereocenters. The molecule has 18 heavy (non-hydrogen) atoms. The lowest BCUT2D eigenvalue weighted by molar-refractivity contribution is 0.0273. The highest BCUT2D eigenvalue weighted by Crippen LogP contribution is 2.42. The average Bonchev–Trinajstić information content (AvgIpc) is 2.96. The Labute approximate surface area is 107 Å². The van der Waals surface area contributed by atoms with Crippen LogP contribution in [0.4, 0.5) is 0 Å². The normalized spacial score (nSPS) is 25.0. The molecule has 100 valence electrons. The Balaban J connectivity index is 1.76. The number of nitrogens with two attached hydrogens (primary N) is 1. The number of hydrogen-bond donors (Lipinski definition) is 1. The minimum absolute atomic E-state index is 0.0369. The zero-order valence-electron chi connectivity index (χ0n) is 10.9. The van der Waals surface area contributed by atoms with E-state index in [0.29, 0.717) is 17.6 Å². The number of ether oxygens (including phenoxy) is 1. The van der Waals surface area contributed by atoms with Crippen molar-refractivity contribution in [1.82, 2.24) is 10.1 Å². The van der Waals surface area contributed by atoms with Gasteiger partial charge in [0.05, 0.1) is 5.54 Å². The lowest BCUT2D eigenvalue weighted by atomic mass is 9.85. The molecule has 2 saturated carbocycles. The van der Waals surface area contributed by atoms with Crippen LogP contribution in [0, 0.1) is 5.92 Å². The highest BCUT2D eigenvalue weighted by atomic mass is 16.5. The molecule has 1 atom stereocenters. The summed E-state index contributed by atoms with van der Waals surface area (Å²) in [6, 6.07) is 0. The summed E-state index contributed by atoms with van der Waals surface area (Å²) in [5, 5.41) is 4.08. The Kier molecular flexibility index (Phi) is 3.11. The van der Waals surface area contributed by atoms with Crippen LogP contribution in [-0.2, 0) is 10.3 Å². The summed E-state index contributed by atoms with van der Waals surface area (Å²) < 4.78 is 10.9. The van der Waals surface area contributed by atoms with E-state index in [-0.39, 0.29) is 11.6 Å². The van der Waals surface area contributed by atoms with Crippen LogP contribution in [0.1, 0.15) is 62.8 Å². The summed E-state index contributed by atoms with van der Waals surface area (Å²) in [5.41, 5.74) is 5.71. The molecule has 1 heterocycles. The third-order valence-corrected chi connectivity index (χ3v) is 4.24. The number of nitrogens with zero attached hydrogens (tertiary/aromatic N) is 2. The molecule has 0 saturated heterocycles. The smallest absolute Gasteiger partial charge is 0.246 e. The molecule has 0 bridgehead atoms. The van der Waals surface area contributed by atoms with E-state index in [1.54, 1.807) is 7.11 Å². The Bertz CT molecular complexity index is 408. The van der Waals surface area contributed by atoms with Crippen LogP contribution in [0.2, 0.25) is 0 Å². The standard InChI is InChI=1S/C13H21N3O2/c1-17-10(9-5-3-2-4-6-9)11-15-12(18-16-11)13(14)7-8-13/h9-10H,2-8,14H2,1H3. The average molecular weight is 251 g/mol. The monoisotopic (exact) mass is 251 g/mol. The molecular formula is C13H21N3O2. The van der Waals surface area contributed by atoms with Crippen molar-refractivity contribution in [2.75, 3.05) is 7.11 Å². The van der Waals surface area contributed by atoms with Crippen LogP contribution >= 0.6 is 0 Å². The molecule has 0 spiro atoms. The van der Waals surface area contributed by atoms with Gasteiger partial charge in [-0.15, -0.1) is 0 Å². The van der Waals surface area contributed by atoms with Gasteiger partial charge in [0, 0.05) is 7.11 Å². The molecule has 0 aliphatic heterocycles. The first-order valence-corrected chi connectivity index (χ1v) is 6.89. The SMILES string of the molecule is COC(c1noc(C2(N)CC2)n1)C1CCCCC1. The molecule has 2 N–H and O–H groups in total. The molecular weight excluding hydrogens is 230 g/mol. The van der Waals surface area contributed by atoms with Gasteiger partial charge in [0.15, 0.2) is 0 Å². The first kappa shape index (κ1) is 12.1. The van der Waals surface area contributed by atoms with E-state index in [1.807, 2.05) is 0 Å². The highest BCUT2D eigenvalue weighted by molar-refractivity contribution is 5.12. The third-order valence-electron chi connectivity index (χ3n) is 4.24. The summed E-state index contributed by atoms with van der Waals surface area (Å²) in [7, 11) is 1.73. The number of rotatable bonds is 4. The molecule has 5 heteroatoms. The predicted octanol–water partition coefficient (Wildman–Crippen LogP) is 2.29. The fourth-order valence-corrected chi connectivity index (χ4v) is 2.85. The van der Waals surface area contributed by atoms with Crippen LogP contribution in [0.3, 0.4) is 0 Å². The van der Waals surface area contributed by atoms with Crippen molar-refractivity contribution < 1.29 is 9.26 Å². The molecule has 3 rings (SSSR count). The van der Waals surface area contributed by atoms with Gasteiger partial charge in [-0.05, 0) is 31.6 Å². The topological polar surface area (TPSA) is 74.2 Å². The van der Waals surface area contributed by atoms with E-state index in [2.05, 4.69) is 10.1 Å². The van der Waals surface area contributed by atoms with Gasteiger partial charge in [0.25, 0.3) is 0 Å². The van der Waals surface area contributed by atoms with Crippen LogP contribution < -0.4 is 5.73 Å². The second-order valence-electron chi connectivity index (χ2n) is 5.67. The van der Waals surface area contributed by atoms with E-state index < -0.39 is 0 Å². The fourth-order valence-electron chi connectivity index (χ4n) is 2.85. The van der Waals surface area contributed by atoms with Gasteiger partial charge >= 0.3 is 0 Å². The molecule has 2 aliphatic rings. The summed E-state index contributed by atoms with van der Waals surface area (Å²) in [6.07, 6.45) is 8.10. The Morgan fingerprint density at radius 2 is 2.06 bits per heavy atom. The lowest BCUT2D eigenvalue weighted by Gasteiger charge is -2.26. The second kappa shape index (κ2) is 4.63. The van der Waals surface area contributed by atoms with Gasteiger partial charge in [-0.2, -0.15) is 4.98 Å². The van der Waals surface area contributed by atoms with Crippen LogP contribution in [-0.4, -0.2) is 17.3 Å². The maximum Gasteiger partial charge on any atom is 0.246 e. The van der Waals surface area contributed by atoms with E-state index in [4.69, 9.17) is 15.0 Å². The number of aromatic nitrogens is 2. The molecule has 0 radical (unpaired) electrons. The van der Waals surface area contributed by atoms with Crippen molar-refractivity contribution in [3.8, 4) is 0 Å². The van der Waals surface area contributed by atoms with Crippen molar-refractivity contribution in [3.05, 3.63) is 11.7 Å². The van der Waals surface area contributed by atoms with Gasteiger partial charge in [0.2, 0.25) is 11.7 Å². The first-order valence-electron chi connectivity index (χ1n) is 6.89. The summed E-state index contributed by atoms with van der Waals surface area (Å²) in [6.45, 7) is 0.